The van der Waals surface area contributed by atoms with E-state index in [1.807, 2.05) is 0 Å². The molecule has 0 aliphatic heterocycles. The third-order valence-corrected chi connectivity index (χ3v) is 1.50. The molecule has 0 spiro atoms. The molecule has 0 aliphatic rings. The van der Waals surface area contributed by atoms with Crippen LogP contribution in [0.2, 0.25) is 0 Å². The molecule has 0 amide bonds. The van der Waals surface area contributed by atoms with Crippen LogP contribution >= 0.6 is 11.6 Å². The molecule has 2 N–H and O–H groups in total. The van der Waals surface area contributed by atoms with E-state index in [2.05, 4.69) is 0 Å². The zero-order valence-electron chi connectivity index (χ0n) is 5.84. The van der Waals surface area contributed by atoms with Gasteiger partial charge in [0.25, 0.3) is 0 Å². The minimum absolute atomic E-state index is 0.0580. The summed E-state index contributed by atoms with van der Waals surface area (Å²) in [6.07, 6.45) is 0. The summed E-state index contributed by atoms with van der Waals surface area (Å²) in [5.74, 6) is 0.600. The first kappa shape index (κ1) is 8.30. The first-order valence-electron chi connectivity index (χ1n) is 3.16. The average Bonchev–Trinajstić information content (AvgIpc) is 2.50. The van der Waals surface area contributed by atoms with Gasteiger partial charge in [0.2, 0.25) is 5.78 Å². The maximum atomic E-state index is 10.9. The van der Waals surface area contributed by atoms with E-state index in [0.29, 0.717) is 12.3 Å². The topological polar surface area (TPSA) is 56.2 Å². The number of nitrogens with two attached hydrogens (primary N) is 1. The van der Waals surface area contributed by atoms with Gasteiger partial charge in [-0.15, -0.1) is 11.6 Å². The second-order valence-electron chi connectivity index (χ2n) is 2.03. The SMILES string of the molecule is NCc1ccc(C(=O)CCl)o1. The van der Waals surface area contributed by atoms with Crippen molar-refractivity contribution < 1.29 is 9.21 Å². The van der Waals surface area contributed by atoms with E-state index in [4.69, 9.17) is 21.8 Å². The van der Waals surface area contributed by atoms with Crippen LogP contribution in [0.1, 0.15) is 16.3 Å². The quantitative estimate of drug-likeness (QED) is 0.551. The van der Waals surface area contributed by atoms with Gasteiger partial charge in [-0.2, -0.15) is 0 Å². The molecule has 4 heteroatoms. The van der Waals surface area contributed by atoms with Crippen LogP contribution in [-0.2, 0) is 6.54 Å². The number of hydrogen-bond donors (Lipinski definition) is 1. The molecule has 0 aliphatic carbocycles. The van der Waals surface area contributed by atoms with Crippen molar-refractivity contribution in [1.82, 2.24) is 0 Å². The highest BCUT2D eigenvalue weighted by molar-refractivity contribution is 6.30. The lowest BCUT2D eigenvalue weighted by atomic mass is 10.3. The summed E-state index contributed by atoms with van der Waals surface area (Å²) in [7, 11) is 0. The van der Waals surface area contributed by atoms with Gasteiger partial charge >= 0.3 is 0 Å². The zero-order chi connectivity index (χ0) is 8.27. The van der Waals surface area contributed by atoms with Crippen molar-refractivity contribution in [1.29, 1.82) is 0 Å². The molecule has 3 nitrogen and oxygen atoms in total. The van der Waals surface area contributed by atoms with Gasteiger partial charge in [0, 0.05) is 0 Å². The number of hydrogen-bond acceptors (Lipinski definition) is 3. The molecule has 0 radical (unpaired) electrons. The Labute approximate surface area is 69.1 Å². The number of Topliss-reactive ketones (excluding diaryl/α,β-unsaturated/α-hetero) is 1. The van der Waals surface area contributed by atoms with E-state index in [9.17, 15) is 4.79 Å². The molecule has 0 atom stereocenters. The molecular weight excluding hydrogens is 166 g/mol. The van der Waals surface area contributed by atoms with Gasteiger partial charge in [-0.25, -0.2) is 0 Å². The maximum Gasteiger partial charge on any atom is 0.212 e. The Morgan fingerprint density at radius 2 is 2.36 bits per heavy atom. The van der Waals surface area contributed by atoms with Crippen molar-refractivity contribution >= 4 is 17.4 Å². The largest absolute Gasteiger partial charge is 0.457 e. The number of rotatable bonds is 3. The Morgan fingerprint density at radius 1 is 1.64 bits per heavy atom. The third-order valence-electron chi connectivity index (χ3n) is 1.26. The number of furan rings is 1. The summed E-state index contributed by atoms with van der Waals surface area (Å²) in [6.45, 7) is 0.301. The van der Waals surface area contributed by atoms with Crippen molar-refractivity contribution in [2.75, 3.05) is 5.88 Å². The Bertz CT molecular complexity index is 257. The zero-order valence-corrected chi connectivity index (χ0v) is 6.60. The van der Waals surface area contributed by atoms with Gasteiger partial charge in [-0.3, -0.25) is 4.79 Å². The van der Waals surface area contributed by atoms with Crippen LogP contribution in [0.15, 0.2) is 16.5 Å². The Morgan fingerprint density at radius 3 is 2.82 bits per heavy atom. The van der Waals surface area contributed by atoms with E-state index < -0.39 is 0 Å². The van der Waals surface area contributed by atoms with E-state index >= 15 is 0 Å². The summed E-state index contributed by atoms with van der Waals surface area (Å²) in [6, 6.07) is 3.24. The standard InChI is InChI=1S/C7H8ClNO2/c8-3-6(10)7-2-1-5(4-9)11-7/h1-2H,3-4,9H2. The molecule has 0 saturated heterocycles. The summed E-state index contributed by atoms with van der Waals surface area (Å²) in [5.41, 5.74) is 5.27. The minimum Gasteiger partial charge on any atom is -0.457 e. The van der Waals surface area contributed by atoms with Gasteiger partial charge in [0.1, 0.15) is 5.76 Å². The Balaban J connectivity index is 2.80. The fraction of sp³-hybridized carbons (Fsp3) is 0.286. The molecule has 1 aromatic heterocycles. The van der Waals surface area contributed by atoms with E-state index in [1.54, 1.807) is 12.1 Å². The summed E-state index contributed by atoms with van der Waals surface area (Å²) in [5, 5.41) is 0. The highest BCUT2D eigenvalue weighted by Crippen LogP contribution is 2.08. The van der Waals surface area contributed by atoms with Gasteiger partial charge < -0.3 is 10.2 Å². The number of halogens is 1. The number of carbonyl (C=O) groups excluding carboxylic acids is 1. The van der Waals surface area contributed by atoms with Crippen molar-refractivity contribution in [2.45, 2.75) is 6.54 Å². The first-order chi connectivity index (χ1) is 5.27. The van der Waals surface area contributed by atoms with Crippen LogP contribution in [0.3, 0.4) is 0 Å². The van der Waals surface area contributed by atoms with Gasteiger partial charge in [-0.05, 0) is 12.1 Å². The highest BCUT2D eigenvalue weighted by atomic mass is 35.5. The fourth-order valence-corrected chi connectivity index (χ4v) is 0.835. The van der Waals surface area contributed by atoms with Gasteiger partial charge in [0.05, 0.1) is 12.4 Å². The fourth-order valence-electron chi connectivity index (χ4n) is 0.703. The van der Waals surface area contributed by atoms with Crippen molar-refractivity contribution in [3.63, 3.8) is 0 Å². The molecule has 0 bridgehead atoms. The molecule has 0 aromatic carbocycles. The Hall–Kier alpha value is -0.800. The summed E-state index contributed by atoms with van der Waals surface area (Å²) in [4.78, 5) is 10.9. The first-order valence-corrected chi connectivity index (χ1v) is 3.69. The lowest BCUT2D eigenvalue weighted by molar-refractivity contribution is 0.0989. The van der Waals surface area contributed by atoms with E-state index in [0.717, 1.165) is 0 Å². The van der Waals surface area contributed by atoms with Crippen LogP contribution in [0.5, 0.6) is 0 Å². The molecule has 60 valence electrons. The molecular formula is C7H8ClNO2. The van der Waals surface area contributed by atoms with Gasteiger partial charge in [0.15, 0.2) is 5.76 Å². The van der Waals surface area contributed by atoms with E-state index in [-0.39, 0.29) is 17.4 Å². The van der Waals surface area contributed by atoms with Crippen LogP contribution in [-0.4, -0.2) is 11.7 Å². The Kier molecular flexibility index (Phi) is 2.68. The molecule has 1 heterocycles. The predicted molar refractivity (Wildman–Crippen MR) is 41.6 cm³/mol. The summed E-state index contributed by atoms with van der Waals surface area (Å²) < 4.78 is 5.03. The van der Waals surface area contributed by atoms with Crippen molar-refractivity contribution in [2.24, 2.45) is 5.73 Å². The lowest BCUT2D eigenvalue weighted by Gasteiger charge is -1.89. The molecule has 0 unspecified atom stereocenters. The molecule has 1 rings (SSSR count). The smallest absolute Gasteiger partial charge is 0.212 e. The maximum absolute atomic E-state index is 10.9. The van der Waals surface area contributed by atoms with E-state index in [1.165, 1.54) is 0 Å². The number of alkyl halides is 1. The third kappa shape index (κ3) is 1.82. The van der Waals surface area contributed by atoms with Gasteiger partial charge in [-0.1, -0.05) is 0 Å². The van der Waals surface area contributed by atoms with Crippen LogP contribution in [0.4, 0.5) is 0 Å². The van der Waals surface area contributed by atoms with Crippen molar-refractivity contribution in [3.8, 4) is 0 Å². The molecule has 0 saturated carbocycles. The minimum atomic E-state index is -0.216. The van der Waals surface area contributed by atoms with Crippen LogP contribution in [0.25, 0.3) is 0 Å². The normalized spacial score (nSPS) is 10.0. The van der Waals surface area contributed by atoms with Crippen molar-refractivity contribution in [3.05, 3.63) is 23.7 Å². The number of ketones is 1. The molecule has 1 aromatic rings. The lowest BCUT2D eigenvalue weighted by Crippen LogP contribution is -1.98. The monoisotopic (exact) mass is 173 g/mol. The second-order valence-corrected chi connectivity index (χ2v) is 2.29. The summed E-state index contributed by atoms with van der Waals surface area (Å²) >= 11 is 5.30. The van der Waals surface area contributed by atoms with Crippen LogP contribution in [0, 0.1) is 0 Å². The van der Waals surface area contributed by atoms with Crippen LogP contribution < -0.4 is 5.73 Å². The molecule has 11 heavy (non-hydrogen) atoms. The number of carbonyl (C=O) groups is 1. The average molecular weight is 174 g/mol. The second kappa shape index (κ2) is 3.55. The molecule has 0 fully saturated rings. The highest BCUT2D eigenvalue weighted by Gasteiger charge is 2.08. The predicted octanol–water partition coefficient (Wildman–Crippen LogP) is 1.16.